The number of hydrogen-bond acceptors (Lipinski definition) is 5. The van der Waals surface area contributed by atoms with E-state index in [2.05, 4.69) is 60.8 Å². The summed E-state index contributed by atoms with van der Waals surface area (Å²) in [6.07, 6.45) is 0.941. The van der Waals surface area contributed by atoms with E-state index in [-0.39, 0.29) is 12.0 Å². The van der Waals surface area contributed by atoms with Crippen molar-refractivity contribution in [1.29, 1.82) is 0 Å². The summed E-state index contributed by atoms with van der Waals surface area (Å²) in [7, 11) is 6.64. The Morgan fingerprint density at radius 3 is 1.72 bits per heavy atom. The van der Waals surface area contributed by atoms with Gasteiger partial charge in [0.2, 0.25) is 0 Å². The third-order valence-corrected chi connectivity index (χ3v) is 5.81. The molecule has 3 aromatic carbocycles. The molecular formula is C27H33NO4. The van der Waals surface area contributed by atoms with Crippen LogP contribution in [0.3, 0.4) is 0 Å². The van der Waals surface area contributed by atoms with Gasteiger partial charge in [-0.2, -0.15) is 0 Å². The number of ether oxygens (including phenoxy) is 4. The fourth-order valence-electron chi connectivity index (χ4n) is 4.11. The first-order chi connectivity index (χ1) is 15.6. The minimum absolute atomic E-state index is 0.0538. The molecule has 0 aromatic heterocycles. The Morgan fingerprint density at radius 1 is 0.656 bits per heavy atom. The Balaban J connectivity index is 2.01. The Kier molecular flexibility index (Phi) is 8.40. The number of methoxy groups -OCH3 is 4. The van der Waals surface area contributed by atoms with Crippen LogP contribution in [0.5, 0.6) is 23.0 Å². The van der Waals surface area contributed by atoms with Crippen molar-refractivity contribution < 1.29 is 18.9 Å². The van der Waals surface area contributed by atoms with Crippen molar-refractivity contribution in [2.45, 2.75) is 31.8 Å². The Labute approximate surface area is 191 Å². The molecule has 0 aliphatic rings. The maximum Gasteiger partial charge on any atom is 0.161 e. The largest absolute Gasteiger partial charge is 0.493 e. The van der Waals surface area contributed by atoms with Gasteiger partial charge < -0.3 is 24.3 Å². The predicted molar refractivity (Wildman–Crippen MR) is 128 cm³/mol. The lowest BCUT2D eigenvalue weighted by Gasteiger charge is -2.29. The monoisotopic (exact) mass is 435 g/mol. The standard InChI is InChI=1S/C27H33NO4/c1-6-22(20-12-14-23(29-2)25(16-20)31-4)27(28-18-19-10-8-7-9-11-19)21-13-15-24(30-3)26(17-21)32-5/h7-17,22,27-28H,6,18H2,1-5H3/t22-,27-/m1/s1. The smallest absolute Gasteiger partial charge is 0.161 e. The van der Waals surface area contributed by atoms with Crippen LogP contribution in [-0.4, -0.2) is 28.4 Å². The van der Waals surface area contributed by atoms with Crippen molar-refractivity contribution in [3.8, 4) is 23.0 Å². The summed E-state index contributed by atoms with van der Waals surface area (Å²) in [6, 6.07) is 22.8. The van der Waals surface area contributed by atoms with Gasteiger partial charge >= 0.3 is 0 Å². The van der Waals surface area contributed by atoms with Crippen LogP contribution >= 0.6 is 0 Å². The van der Waals surface area contributed by atoms with Crippen molar-refractivity contribution in [2.75, 3.05) is 28.4 Å². The van der Waals surface area contributed by atoms with Crippen LogP contribution in [-0.2, 0) is 6.54 Å². The van der Waals surface area contributed by atoms with Crippen LogP contribution in [0.25, 0.3) is 0 Å². The molecule has 1 N–H and O–H groups in total. The Morgan fingerprint density at radius 2 is 1.19 bits per heavy atom. The minimum Gasteiger partial charge on any atom is -0.493 e. The average molecular weight is 436 g/mol. The van der Waals surface area contributed by atoms with E-state index in [0.717, 1.165) is 41.5 Å². The van der Waals surface area contributed by atoms with Gasteiger partial charge in [0, 0.05) is 18.5 Å². The molecule has 0 saturated heterocycles. The summed E-state index contributed by atoms with van der Waals surface area (Å²) in [6.45, 7) is 2.96. The number of nitrogens with one attached hydrogen (secondary N) is 1. The molecule has 0 amide bonds. The third-order valence-electron chi connectivity index (χ3n) is 5.81. The van der Waals surface area contributed by atoms with Gasteiger partial charge in [0.05, 0.1) is 28.4 Å². The Bertz CT molecular complexity index is 990. The second-order valence-electron chi connectivity index (χ2n) is 7.59. The van der Waals surface area contributed by atoms with Crippen molar-refractivity contribution in [2.24, 2.45) is 0 Å². The van der Waals surface area contributed by atoms with Gasteiger partial charge in [0.25, 0.3) is 0 Å². The molecule has 32 heavy (non-hydrogen) atoms. The quantitative estimate of drug-likeness (QED) is 0.416. The van der Waals surface area contributed by atoms with E-state index in [0.29, 0.717) is 0 Å². The van der Waals surface area contributed by atoms with Crippen LogP contribution in [0.4, 0.5) is 0 Å². The highest BCUT2D eigenvalue weighted by atomic mass is 16.5. The van der Waals surface area contributed by atoms with Crippen molar-refractivity contribution in [1.82, 2.24) is 5.32 Å². The molecule has 0 fully saturated rings. The van der Waals surface area contributed by atoms with E-state index >= 15 is 0 Å². The summed E-state index contributed by atoms with van der Waals surface area (Å²) in [4.78, 5) is 0. The highest BCUT2D eigenvalue weighted by Crippen LogP contribution is 2.40. The van der Waals surface area contributed by atoms with E-state index in [4.69, 9.17) is 18.9 Å². The molecular weight excluding hydrogens is 402 g/mol. The van der Waals surface area contributed by atoms with Gasteiger partial charge in [-0.25, -0.2) is 0 Å². The van der Waals surface area contributed by atoms with Crippen LogP contribution in [0.15, 0.2) is 66.7 Å². The third kappa shape index (κ3) is 5.35. The molecule has 5 nitrogen and oxygen atoms in total. The van der Waals surface area contributed by atoms with E-state index in [1.807, 2.05) is 18.2 Å². The van der Waals surface area contributed by atoms with Crippen LogP contribution in [0.1, 0.15) is 42.0 Å². The molecule has 0 bridgehead atoms. The number of hydrogen-bond donors (Lipinski definition) is 1. The van der Waals surface area contributed by atoms with Gasteiger partial charge in [-0.05, 0) is 47.4 Å². The zero-order valence-electron chi connectivity index (χ0n) is 19.6. The molecule has 0 aliphatic heterocycles. The Hall–Kier alpha value is -3.18. The lowest BCUT2D eigenvalue weighted by molar-refractivity contribution is 0.350. The summed E-state index contributed by atoms with van der Waals surface area (Å²) < 4.78 is 22.0. The van der Waals surface area contributed by atoms with Gasteiger partial charge in [-0.15, -0.1) is 0 Å². The normalized spacial score (nSPS) is 12.7. The molecule has 5 heteroatoms. The van der Waals surface area contributed by atoms with Crippen molar-refractivity contribution >= 4 is 0 Å². The highest BCUT2D eigenvalue weighted by Gasteiger charge is 2.25. The fraction of sp³-hybridized carbons (Fsp3) is 0.333. The van der Waals surface area contributed by atoms with E-state index in [1.54, 1.807) is 28.4 Å². The summed E-state index contributed by atoms with van der Waals surface area (Å²) in [5, 5.41) is 3.79. The lowest BCUT2D eigenvalue weighted by Crippen LogP contribution is -2.27. The summed E-state index contributed by atoms with van der Waals surface area (Å²) in [5.41, 5.74) is 3.56. The van der Waals surface area contributed by atoms with E-state index in [1.165, 1.54) is 11.1 Å². The number of benzene rings is 3. The summed E-state index contributed by atoms with van der Waals surface area (Å²) in [5.74, 6) is 3.11. The van der Waals surface area contributed by atoms with Crippen molar-refractivity contribution in [3.05, 3.63) is 83.4 Å². The molecule has 0 unspecified atom stereocenters. The van der Waals surface area contributed by atoms with Crippen molar-refractivity contribution in [3.63, 3.8) is 0 Å². The molecule has 2 atom stereocenters. The van der Waals surface area contributed by atoms with Gasteiger partial charge in [0.15, 0.2) is 23.0 Å². The first-order valence-corrected chi connectivity index (χ1v) is 10.9. The molecule has 0 radical (unpaired) electrons. The molecule has 0 spiro atoms. The maximum atomic E-state index is 5.59. The average Bonchev–Trinajstić information content (AvgIpc) is 2.86. The first-order valence-electron chi connectivity index (χ1n) is 10.9. The predicted octanol–water partition coefficient (Wildman–Crippen LogP) is 5.75. The first kappa shape index (κ1) is 23.5. The van der Waals surface area contributed by atoms with Gasteiger partial charge in [-0.1, -0.05) is 49.4 Å². The van der Waals surface area contributed by atoms with Crippen LogP contribution in [0, 0.1) is 0 Å². The molecule has 0 saturated carbocycles. The second kappa shape index (κ2) is 11.4. The zero-order valence-corrected chi connectivity index (χ0v) is 19.6. The minimum atomic E-state index is 0.0538. The molecule has 170 valence electrons. The highest BCUT2D eigenvalue weighted by molar-refractivity contribution is 5.47. The number of rotatable bonds is 11. The maximum absolute atomic E-state index is 5.59. The SMILES string of the molecule is CC[C@H](c1ccc(OC)c(OC)c1)[C@H](NCc1ccccc1)c1ccc(OC)c(OC)c1. The lowest BCUT2D eigenvalue weighted by atomic mass is 9.84. The molecule has 3 rings (SSSR count). The van der Waals surface area contributed by atoms with Gasteiger partial charge in [0.1, 0.15) is 0 Å². The molecule has 3 aromatic rings. The van der Waals surface area contributed by atoms with E-state index < -0.39 is 0 Å². The molecule has 0 heterocycles. The second-order valence-corrected chi connectivity index (χ2v) is 7.59. The summed E-state index contributed by atoms with van der Waals surface area (Å²) >= 11 is 0. The molecule has 0 aliphatic carbocycles. The van der Waals surface area contributed by atoms with E-state index in [9.17, 15) is 0 Å². The van der Waals surface area contributed by atoms with Crippen LogP contribution < -0.4 is 24.3 Å². The van der Waals surface area contributed by atoms with Crippen LogP contribution in [0.2, 0.25) is 0 Å². The fourth-order valence-corrected chi connectivity index (χ4v) is 4.11. The zero-order chi connectivity index (χ0) is 22.9. The topological polar surface area (TPSA) is 49.0 Å². The van der Waals surface area contributed by atoms with Gasteiger partial charge in [-0.3, -0.25) is 0 Å².